The molecule has 1 amide bonds. The molecule has 0 aliphatic carbocycles. The summed E-state index contributed by atoms with van der Waals surface area (Å²) in [4.78, 5) is 15.4. The molecule has 0 radical (unpaired) electrons. The maximum absolute atomic E-state index is 11.5. The first-order valence-electron chi connectivity index (χ1n) is 5.16. The zero-order valence-electron chi connectivity index (χ0n) is 8.49. The molecule has 1 aliphatic rings. The molecule has 1 fully saturated rings. The molecule has 0 saturated carbocycles. The van der Waals surface area contributed by atoms with Crippen LogP contribution in [0.1, 0.15) is 18.7 Å². The molecule has 1 aromatic rings. The lowest BCUT2D eigenvalue weighted by Crippen LogP contribution is -2.26. The van der Waals surface area contributed by atoms with Gasteiger partial charge in [0, 0.05) is 6.42 Å². The highest BCUT2D eigenvalue weighted by atomic mass is 16.1. The van der Waals surface area contributed by atoms with Gasteiger partial charge in [0.25, 0.3) is 0 Å². The number of hydrogen-bond donors (Lipinski definition) is 3. The molecule has 1 saturated heterocycles. The smallest absolute Gasteiger partial charge is 0.220 e. The van der Waals surface area contributed by atoms with Crippen LogP contribution in [0.2, 0.25) is 0 Å². The number of carbonyl (C=O) groups is 1. The van der Waals surface area contributed by atoms with Gasteiger partial charge in [-0.05, 0) is 25.4 Å². The van der Waals surface area contributed by atoms with Crippen LogP contribution < -0.4 is 10.6 Å². The van der Waals surface area contributed by atoms with Crippen LogP contribution in [-0.2, 0) is 11.3 Å². The topological polar surface area (TPSA) is 82.7 Å². The van der Waals surface area contributed by atoms with E-state index in [4.69, 9.17) is 0 Å². The number of aromatic nitrogens is 3. The van der Waals surface area contributed by atoms with Crippen molar-refractivity contribution in [3.05, 3.63) is 12.2 Å². The third kappa shape index (κ3) is 3.02. The number of aromatic amines is 1. The number of amides is 1. The Morgan fingerprint density at radius 2 is 2.60 bits per heavy atom. The van der Waals surface area contributed by atoms with E-state index in [2.05, 4.69) is 25.8 Å². The van der Waals surface area contributed by atoms with Gasteiger partial charge < -0.3 is 10.6 Å². The molecule has 6 heteroatoms. The van der Waals surface area contributed by atoms with Crippen LogP contribution in [0, 0.1) is 5.92 Å². The fraction of sp³-hybridized carbons (Fsp3) is 0.667. The molecule has 3 N–H and O–H groups in total. The van der Waals surface area contributed by atoms with E-state index in [0.29, 0.717) is 24.7 Å². The maximum atomic E-state index is 11.5. The van der Waals surface area contributed by atoms with Gasteiger partial charge in [-0.1, -0.05) is 0 Å². The SMILES string of the molecule is O=C(CC1CCNC1)NCc1ncn[nH]1. The first-order chi connectivity index (χ1) is 7.34. The van der Waals surface area contributed by atoms with Crippen molar-refractivity contribution in [1.29, 1.82) is 0 Å². The molecule has 1 aliphatic heterocycles. The van der Waals surface area contributed by atoms with Crippen molar-refractivity contribution in [2.75, 3.05) is 13.1 Å². The minimum atomic E-state index is 0.0834. The lowest BCUT2D eigenvalue weighted by atomic mass is 10.0. The molecule has 0 aromatic carbocycles. The second-order valence-corrected chi connectivity index (χ2v) is 3.77. The molecule has 0 bridgehead atoms. The monoisotopic (exact) mass is 209 g/mol. The summed E-state index contributed by atoms with van der Waals surface area (Å²) in [7, 11) is 0. The third-order valence-corrected chi connectivity index (χ3v) is 2.55. The summed E-state index contributed by atoms with van der Waals surface area (Å²) < 4.78 is 0. The highest BCUT2D eigenvalue weighted by molar-refractivity contribution is 5.76. The van der Waals surface area contributed by atoms with Gasteiger partial charge in [-0.2, -0.15) is 5.10 Å². The molecular formula is C9H15N5O. The highest BCUT2D eigenvalue weighted by Gasteiger charge is 2.17. The Hall–Kier alpha value is -1.43. The molecule has 1 atom stereocenters. The normalized spacial score (nSPS) is 20.4. The molecule has 2 heterocycles. The van der Waals surface area contributed by atoms with E-state index in [9.17, 15) is 4.79 Å². The Morgan fingerprint density at radius 3 is 3.27 bits per heavy atom. The Bertz CT molecular complexity index is 304. The Kier molecular flexibility index (Phi) is 3.29. The summed E-state index contributed by atoms with van der Waals surface area (Å²) >= 11 is 0. The largest absolute Gasteiger partial charge is 0.349 e. The number of carbonyl (C=O) groups excluding carboxylic acids is 1. The quantitative estimate of drug-likeness (QED) is 0.619. The van der Waals surface area contributed by atoms with Crippen LogP contribution in [0.15, 0.2) is 6.33 Å². The summed E-state index contributed by atoms with van der Waals surface area (Å²) in [5.41, 5.74) is 0. The predicted octanol–water partition coefficient (Wildman–Crippen LogP) is -0.579. The molecule has 1 aromatic heterocycles. The van der Waals surface area contributed by atoms with E-state index in [1.54, 1.807) is 0 Å². The summed E-state index contributed by atoms with van der Waals surface area (Å²) in [6, 6.07) is 0. The van der Waals surface area contributed by atoms with Crippen molar-refractivity contribution in [2.45, 2.75) is 19.4 Å². The van der Waals surface area contributed by atoms with Crippen LogP contribution in [0.4, 0.5) is 0 Å². The van der Waals surface area contributed by atoms with Crippen LogP contribution in [-0.4, -0.2) is 34.2 Å². The molecule has 1 unspecified atom stereocenters. The summed E-state index contributed by atoms with van der Waals surface area (Å²) in [6.07, 6.45) is 3.12. The molecular weight excluding hydrogens is 194 g/mol. The second kappa shape index (κ2) is 4.88. The van der Waals surface area contributed by atoms with Crippen LogP contribution in [0.5, 0.6) is 0 Å². The van der Waals surface area contributed by atoms with E-state index >= 15 is 0 Å². The third-order valence-electron chi connectivity index (χ3n) is 2.55. The molecule has 6 nitrogen and oxygen atoms in total. The van der Waals surface area contributed by atoms with Crippen molar-refractivity contribution in [3.8, 4) is 0 Å². The van der Waals surface area contributed by atoms with Crippen molar-refractivity contribution in [1.82, 2.24) is 25.8 Å². The van der Waals surface area contributed by atoms with Gasteiger partial charge in [-0.15, -0.1) is 0 Å². The minimum Gasteiger partial charge on any atom is -0.349 e. The lowest BCUT2D eigenvalue weighted by Gasteiger charge is -2.07. The summed E-state index contributed by atoms with van der Waals surface area (Å²) in [6.45, 7) is 2.41. The van der Waals surface area contributed by atoms with Gasteiger partial charge in [0.05, 0.1) is 6.54 Å². The zero-order valence-corrected chi connectivity index (χ0v) is 8.49. The van der Waals surface area contributed by atoms with Gasteiger partial charge in [0.2, 0.25) is 5.91 Å². The van der Waals surface area contributed by atoms with E-state index in [0.717, 1.165) is 19.5 Å². The molecule has 82 valence electrons. The zero-order chi connectivity index (χ0) is 10.5. The van der Waals surface area contributed by atoms with Gasteiger partial charge >= 0.3 is 0 Å². The van der Waals surface area contributed by atoms with E-state index in [-0.39, 0.29) is 5.91 Å². The van der Waals surface area contributed by atoms with Crippen molar-refractivity contribution < 1.29 is 4.79 Å². The average Bonchev–Trinajstić information content (AvgIpc) is 2.86. The number of nitrogens with one attached hydrogen (secondary N) is 3. The Morgan fingerprint density at radius 1 is 1.67 bits per heavy atom. The van der Waals surface area contributed by atoms with Gasteiger partial charge in [-0.3, -0.25) is 9.89 Å². The van der Waals surface area contributed by atoms with Crippen LogP contribution >= 0.6 is 0 Å². The van der Waals surface area contributed by atoms with E-state index < -0.39 is 0 Å². The Labute approximate surface area is 87.9 Å². The number of H-pyrrole nitrogens is 1. The lowest BCUT2D eigenvalue weighted by molar-refractivity contribution is -0.122. The van der Waals surface area contributed by atoms with E-state index in [1.165, 1.54) is 6.33 Å². The summed E-state index contributed by atoms with van der Waals surface area (Å²) in [5, 5.41) is 12.5. The average molecular weight is 209 g/mol. The number of nitrogens with zero attached hydrogens (tertiary/aromatic N) is 2. The van der Waals surface area contributed by atoms with Gasteiger partial charge in [-0.25, -0.2) is 4.98 Å². The van der Waals surface area contributed by atoms with Crippen molar-refractivity contribution in [3.63, 3.8) is 0 Å². The molecule has 2 rings (SSSR count). The molecule has 15 heavy (non-hydrogen) atoms. The van der Waals surface area contributed by atoms with Crippen LogP contribution in [0.3, 0.4) is 0 Å². The standard InChI is InChI=1S/C9H15N5O/c15-9(3-7-1-2-10-4-7)11-5-8-12-6-13-14-8/h6-7,10H,1-5H2,(H,11,15)(H,12,13,14). The minimum absolute atomic E-state index is 0.0834. The number of rotatable bonds is 4. The summed E-state index contributed by atoms with van der Waals surface area (Å²) in [5.74, 6) is 1.26. The number of hydrogen-bond acceptors (Lipinski definition) is 4. The first-order valence-corrected chi connectivity index (χ1v) is 5.16. The predicted molar refractivity (Wildman–Crippen MR) is 53.8 cm³/mol. The van der Waals surface area contributed by atoms with Gasteiger partial charge in [0.1, 0.15) is 12.2 Å². The van der Waals surface area contributed by atoms with E-state index in [1.807, 2.05) is 0 Å². The van der Waals surface area contributed by atoms with Crippen molar-refractivity contribution >= 4 is 5.91 Å². The highest BCUT2D eigenvalue weighted by Crippen LogP contribution is 2.11. The maximum Gasteiger partial charge on any atom is 0.220 e. The Balaban J connectivity index is 1.68. The fourth-order valence-electron chi connectivity index (χ4n) is 1.72. The van der Waals surface area contributed by atoms with Crippen molar-refractivity contribution in [2.24, 2.45) is 5.92 Å². The first kappa shape index (κ1) is 10.1. The fourth-order valence-corrected chi connectivity index (χ4v) is 1.72. The van der Waals surface area contributed by atoms with Gasteiger partial charge in [0.15, 0.2) is 0 Å². The molecule has 0 spiro atoms. The second-order valence-electron chi connectivity index (χ2n) is 3.77. The van der Waals surface area contributed by atoms with Crippen LogP contribution in [0.25, 0.3) is 0 Å².